The molecule has 1 heterocycles. The lowest BCUT2D eigenvalue weighted by atomic mass is 9.95. The first-order valence-corrected chi connectivity index (χ1v) is 8.73. The molecule has 1 aliphatic rings. The summed E-state index contributed by atoms with van der Waals surface area (Å²) in [5.74, 6) is 1.09. The van der Waals surface area contributed by atoms with Crippen LogP contribution < -0.4 is 10.1 Å². The fourth-order valence-corrected chi connectivity index (χ4v) is 2.85. The molecule has 0 radical (unpaired) electrons. The van der Waals surface area contributed by atoms with Gasteiger partial charge in [-0.2, -0.15) is 0 Å². The average Bonchev–Trinajstić information content (AvgIpc) is 2.59. The van der Waals surface area contributed by atoms with Crippen LogP contribution in [0, 0.1) is 18.8 Å². The Hall–Kier alpha value is -2.04. The van der Waals surface area contributed by atoms with Crippen LogP contribution >= 0.6 is 0 Å². The predicted molar refractivity (Wildman–Crippen MR) is 93.8 cm³/mol. The number of ether oxygens (including phenoxy) is 1. The third kappa shape index (κ3) is 5.25. The number of hydrogen-bond donors (Lipinski definition) is 1. The minimum absolute atomic E-state index is 0.000544. The molecule has 0 aromatic heterocycles. The van der Waals surface area contributed by atoms with Gasteiger partial charge in [0.25, 0.3) is 0 Å². The molecule has 0 atom stereocenters. The second kappa shape index (κ2) is 8.71. The zero-order valence-corrected chi connectivity index (χ0v) is 14.9. The van der Waals surface area contributed by atoms with E-state index >= 15 is 0 Å². The summed E-state index contributed by atoms with van der Waals surface area (Å²) in [7, 11) is 0. The zero-order chi connectivity index (χ0) is 17.5. The van der Waals surface area contributed by atoms with Crippen LogP contribution in [0.2, 0.25) is 0 Å². The van der Waals surface area contributed by atoms with Gasteiger partial charge in [0.15, 0.2) is 0 Å². The molecule has 1 fully saturated rings. The van der Waals surface area contributed by atoms with E-state index < -0.39 is 0 Å². The van der Waals surface area contributed by atoms with Crippen LogP contribution in [0.25, 0.3) is 0 Å². The van der Waals surface area contributed by atoms with E-state index in [0.717, 1.165) is 18.6 Å². The van der Waals surface area contributed by atoms with Gasteiger partial charge in [-0.25, -0.2) is 0 Å². The van der Waals surface area contributed by atoms with Crippen LogP contribution in [0.15, 0.2) is 24.3 Å². The molecule has 1 saturated heterocycles. The first kappa shape index (κ1) is 18.3. The van der Waals surface area contributed by atoms with E-state index in [9.17, 15) is 9.59 Å². The third-order valence-corrected chi connectivity index (χ3v) is 4.36. The van der Waals surface area contributed by atoms with Crippen molar-refractivity contribution in [3.63, 3.8) is 0 Å². The van der Waals surface area contributed by atoms with E-state index in [-0.39, 0.29) is 23.7 Å². The summed E-state index contributed by atoms with van der Waals surface area (Å²) in [4.78, 5) is 26.0. The topological polar surface area (TPSA) is 58.6 Å². The molecule has 1 N–H and O–H groups in total. The highest BCUT2D eigenvalue weighted by Gasteiger charge is 2.27. The predicted octanol–water partition coefficient (Wildman–Crippen LogP) is 2.38. The fourth-order valence-electron chi connectivity index (χ4n) is 2.85. The summed E-state index contributed by atoms with van der Waals surface area (Å²) in [6.45, 7) is 8.16. The maximum absolute atomic E-state index is 12.2. The highest BCUT2D eigenvalue weighted by Crippen LogP contribution is 2.19. The van der Waals surface area contributed by atoms with E-state index in [1.54, 1.807) is 0 Å². The standard InChI is InChI=1S/C19H28N2O3/c1-14(2)19(23)21-11-8-16(9-12-21)18(22)20-10-13-24-17-6-4-15(3)5-7-17/h4-7,14,16H,8-13H2,1-3H3,(H,20,22). The van der Waals surface area contributed by atoms with Crippen molar-refractivity contribution < 1.29 is 14.3 Å². The van der Waals surface area contributed by atoms with E-state index in [4.69, 9.17) is 4.74 Å². The van der Waals surface area contributed by atoms with Crippen molar-refractivity contribution in [3.05, 3.63) is 29.8 Å². The molecular weight excluding hydrogens is 304 g/mol. The summed E-state index contributed by atoms with van der Waals surface area (Å²) in [6.07, 6.45) is 1.48. The van der Waals surface area contributed by atoms with Gasteiger partial charge >= 0.3 is 0 Å². The van der Waals surface area contributed by atoms with Crippen molar-refractivity contribution in [3.8, 4) is 5.75 Å². The summed E-state index contributed by atoms with van der Waals surface area (Å²) in [5, 5.41) is 2.93. The Labute approximate surface area is 144 Å². The molecule has 132 valence electrons. The number of nitrogens with zero attached hydrogens (tertiary/aromatic N) is 1. The van der Waals surface area contributed by atoms with Crippen molar-refractivity contribution in [2.24, 2.45) is 11.8 Å². The zero-order valence-electron chi connectivity index (χ0n) is 14.9. The van der Waals surface area contributed by atoms with Crippen molar-refractivity contribution in [1.82, 2.24) is 10.2 Å². The van der Waals surface area contributed by atoms with Crippen LogP contribution in [-0.4, -0.2) is 43.0 Å². The first-order chi connectivity index (χ1) is 11.5. The van der Waals surface area contributed by atoms with Crippen molar-refractivity contribution in [2.75, 3.05) is 26.2 Å². The van der Waals surface area contributed by atoms with Crippen LogP contribution in [0.1, 0.15) is 32.3 Å². The van der Waals surface area contributed by atoms with Gasteiger partial charge in [0.2, 0.25) is 11.8 Å². The molecule has 1 aliphatic heterocycles. The molecule has 0 bridgehead atoms. The summed E-state index contributed by atoms with van der Waals surface area (Å²) >= 11 is 0. The lowest BCUT2D eigenvalue weighted by Gasteiger charge is -2.32. The van der Waals surface area contributed by atoms with Crippen LogP contribution in [-0.2, 0) is 9.59 Å². The molecule has 0 saturated carbocycles. The first-order valence-electron chi connectivity index (χ1n) is 8.73. The molecular formula is C19H28N2O3. The molecule has 1 aromatic rings. The van der Waals surface area contributed by atoms with Gasteiger partial charge in [-0.1, -0.05) is 31.5 Å². The highest BCUT2D eigenvalue weighted by atomic mass is 16.5. The van der Waals surface area contributed by atoms with Gasteiger partial charge in [-0.05, 0) is 31.9 Å². The lowest BCUT2D eigenvalue weighted by molar-refractivity contribution is -0.138. The summed E-state index contributed by atoms with van der Waals surface area (Å²) in [5.41, 5.74) is 1.19. The van der Waals surface area contributed by atoms with Gasteiger partial charge in [-0.15, -0.1) is 0 Å². The minimum Gasteiger partial charge on any atom is -0.492 e. The molecule has 1 aromatic carbocycles. The smallest absolute Gasteiger partial charge is 0.225 e. The Kier molecular flexibility index (Phi) is 6.64. The second-order valence-electron chi connectivity index (χ2n) is 6.71. The molecule has 24 heavy (non-hydrogen) atoms. The monoisotopic (exact) mass is 332 g/mol. The van der Waals surface area contributed by atoms with Gasteiger partial charge in [-0.3, -0.25) is 9.59 Å². The van der Waals surface area contributed by atoms with Crippen molar-refractivity contribution in [1.29, 1.82) is 0 Å². The molecule has 5 heteroatoms. The molecule has 0 spiro atoms. The normalized spacial score (nSPS) is 15.4. The lowest BCUT2D eigenvalue weighted by Crippen LogP contribution is -2.44. The largest absolute Gasteiger partial charge is 0.492 e. The van der Waals surface area contributed by atoms with Gasteiger partial charge in [0.05, 0.1) is 6.54 Å². The molecule has 2 amide bonds. The quantitative estimate of drug-likeness (QED) is 0.814. The fraction of sp³-hybridized carbons (Fsp3) is 0.579. The molecule has 2 rings (SSSR count). The SMILES string of the molecule is Cc1ccc(OCCNC(=O)C2CCN(C(=O)C(C)C)CC2)cc1. The average molecular weight is 332 g/mol. The molecule has 0 unspecified atom stereocenters. The molecule has 5 nitrogen and oxygen atoms in total. The van der Waals surface area contributed by atoms with Gasteiger partial charge in [0.1, 0.15) is 12.4 Å². The van der Waals surface area contributed by atoms with Crippen LogP contribution in [0.3, 0.4) is 0 Å². The third-order valence-electron chi connectivity index (χ3n) is 4.36. The van der Waals surface area contributed by atoms with Crippen molar-refractivity contribution in [2.45, 2.75) is 33.6 Å². The number of carbonyl (C=O) groups is 2. The number of likely N-dealkylation sites (tertiary alicyclic amines) is 1. The number of benzene rings is 1. The number of nitrogens with one attached hydrogen (secondary N) is 1. The summed E-state index contributed by atoms with van der Waals surface area (Å²) in [6, 6.07) is 7.86. The van der Waals surface area contributed by atoms with E-state index in [0.29, 0.717) is 26.2 Å². The van der Waals surface area contributed by atoms with Gasteiger partial charge in [0, 0.05) is 24.9 Å². The minimum atomic E-state index is 0.000544. The maximum Gasteiger partial charge on any atom is 0.225 e. The number of hydrogen-bond acceptors (Lipinski definition) is 3. The Balaban J connectivity index is 1.65. The highest BCUT2D eigenvalue weighted by molar-refractivity contribution is 5.80. The maximum atomic E-state index is 12.2. The van der Waals surface area contributed by atoms with Gasteiger partial charge < -0.3 is 15.0 Å². The van der Waals surface area contributed by atoms with Crippen molar-refractivity contribution >= 4 is 11.8 Å². The Bertz CT molecular complexity index is 546. The Morgan fingerprint density at radius 1 is 1.21 bits per heavy atom. The number of piperidine rings is 1. The summed E-state index contributed by atoms with van der Waals surface area (Å²) < 4.78 is 5.61. The second-order valence-corrected chi connectivity index (χ2v) is 6.71. The van der Waals surface area contributed by atoms with Crippen LogP contribution in [0.5, 0.6) is 5.75 Å². The van der Waals surface area contributed by atoms with E-state index in [2.05, 4.69) is 5.32 Å². The molecule has 0 aliphatic carbocycles. The Morgan fingerprint density at radius 3 is 2.42 bits per heavy atom. The number of aryl methyl sites for hydroxylation is 1. The number of amides is 2. The Morgan fingerprint density at radius 2 is 1.83 bits per heavy atom. The number of rotatable bonds is 6. The van der Waals surface area contributed by atoms with Crippen LogP contribution in [0.4, 0.5) is 0 Å². The van der Waals surface area contributed by atoms with E-state index in [1.807, 2.05) is 49.9 Å². The number of carbonyl (C=O) groups excluding carboxylic acids is 2. The van der Waals surface area contributed by atoms with E-state index in [1.165, 1.54) is 5.56 Å².